The lowest BCUT2D eigenvalue weighted by Gasteiger charge is -2.21. The van der Waals surface area contributed by atoms with Crippen LogP contribution in [0.15, 0.2) is 42.7 Å². The first-order chi connectivity index (χ1) is 10.3. The van der Waals surface area contributed by atoms with Gasteiger partial charge in [0.15, 0.2) is 0 Å². The number of nitrogens with zero attached hydrogens (tertiary/aromatic N) is 3. The molecule has 1 aromatic heterocycles. The highest BCUT2D eigenvalue weighted by molar-refractivity contribution is 5.89. The van der Waals surface area contributed by atoms with Crippen molar-refractivity contribution in [1.82, 2.24) is 14.7 Å². The fourth-order valence-electron chi connectivity index (χ4n) is 2.26. The van der Waals surface area contributed by atoms with Gasteiger partial charge in [0.1, 0.15) is 0 Å². The number of hydrogen-bond acceptors (Lipinski definition) is 3. The molecule has 0 bridgehead atoms. The third-order valence-corrected chi connectivity index (χ3v) is 3.48. The molecule has 21 heavy (non-hydrogen) atoms. The molecule has 1 aliphatic rings. The third kappa shape index (κ3) is 3.22. The Hall–Kier alpha value is -2.34. The lowest BCUT2D eigenvalue weighted by molar-refractivity contribution is 0.185. The zero-order chi connectivity index (χ0) is 14.7. The van der Waals surface area contributed by atoms with Crippen molar-refractivity contribution in [1.29, 1.82) is 0 Å². The first kappa shape index (κ1) is 13.6. The van der Waals surface area contributed by atoms with E-state index in [1.807, 2.05) is 36.5 Å². The number of aliphatic hydroxyl groups is 1. The Morgan fingerprint density at radius 2 is 2.14 bits per heavy atom. The van der Waals surface area contributed by atoms with Crippen molar-refractivity contribution in [3.63, 3.8) is 0 Å². The predicted molar refractivity (Wildman–Crippen MR) is 79.4 cm³/mol. The van der Waals surface area contributed by atoms with E-state index in [2.05, 4.69) is 10.4 Å². The average molecular weight is 286 g/mol. The van der Waals surface area contributed by atoms with Gasteiger partial charge in [-0.1, -0.05) is 0 Å². The predicted octanol–water partition coefficient (Wildman–Crippen LogP) is 1.86. The van der Waals surface area contributed by atoms with Crippen LogP contribution in [0.5, 0.6) is 0 Å². The number of rotatable bonds is 5. The molecule has 1 fully saturated rings. The first-order valence-corrected chi connectivity index (χ1v) is 7.06. The van der Waals surface area contributed by atoms with Gasteiger partial charge < -0.3 is 15.3 Å². The van der Waals surface area contributed by atoms with Gasteiger partial charge in [-0.15, -0.1) is 0 Å². The molecule has 0 aliphatic heterocycles. The molecule has 0 atom stereocenters. The summed E-state index contributed by atoms with van der Waals surface area (Å²) in [6, 6.07) is 9.47. The van der Waals surface area contributed by atoms with Crippen LogP contribution in [-0.2, 0) is 0 Å². The number of nitrogens with one attached hydrogen (secondary N) is 1. The van der Waals surface area contributed by atoms with E-state index >= 15 is 0 Å². The van der Waals surface area contributed by atoms with E-state index in [1.54, 1.807) is 15.8 Å². The first-order valence-electron chi connectivity index (χ1n) is 7.06. The second-order valence-corrected chi connectivity index (χ2v) is 5.08. The van der Waals surface area contributed by atoms with Crippen LogP contribution in [0.1, 0.15) is 12.8 Å². The molecule has 6 nitrogen and oxygen atoms in total. The number of urea groups is 1. The molecule has 0 unspecified atom stereocenters. The number of carbonyl (C=O) groups is 1. The maximum atomic E-state index is 12.2. The molecule has 2 aromatic rings. The average Bonchev–Trinajstić information content (AvgIpc) is 3.19. The summed E-state index contributed by atoms with van der Waals surface area (Å²) in [7, 11) is 0. The van der Waals surface area contributed by atoms with E-state index in [4.69, 9.17) is 5.11 Å². The minimum Gasteiger partial charge on any atom is -0.395 e. The maximum Gasteiger partial charge on any atom is 0.322 e. The largest absolute Gasteiger partial charge is 0.395 e. The Morgan fingerprint density at radius 3 is 2.71 bits per heavy atom. The van der Waals surface area contributed by atoms with E-state index in [-0.39, 0.29) is 18.7 Å². The quantitative estimate of drug-likeness (QED) is 0.881. The molecule has 2 amide bonds. The molecule has 0 spiro atoms. The molecule has 1 aromatic carbocycles. The van der Waals surface area contributed by atoms with Crippen LogP contribution in [0.4, 0.5) is 10.5 Å². The van der Waals surface area contributed by atoms with E-state index < -0.39 is 0 Å². The second kappa shape index (κ2) is 5.97. The minimum absolute atomic E-state index is 0.0117. The van der Waals surface area contributed by atoms with Crippen LogP contribution >= 0.6 is 0 Å². The van der Waals surface area contributed by atoms with Gasteiger partial charge in [0, 0.05) is 30.7 Å². The Labute approximate surface area is 123 Å². The molecule has 0 saturated heterocycles. The highest BCUT2D eigenvalue weighted by atomic mass is 16.3. The molecule has 2 N–H and O–H groups in total. The van der Waals surface area contributed by atoms with Crippen molar-refractivity contribution in [2.45, 2.75) is 18.9 Å². The van der Waals surface area contributed by atoms with Crippen LogP contribution < -0.4 is 5.32 Å². The molecule has 1 saturated carbocycles. The Bertz CT molecular complexity index is 591. The SMILES string of the molecule is O=C(Nc1ccc(-n2cccn2)cc1)N(CCO)C1CC1. The van der Waals surface area contributed by atoms with E-state index in [1.165, 1.54) is 0 Å². The number of amides is 2. The monoisotopic (exact) mass is 286 g/mol. The summed E-state index contributed by atoms with van der Waals surface area (Å²) in [6.45, 7) is 0.365. The third-order valence-electron chi connectivity index (χ3n) is 3.48. The Kier molecular flexibility index (Phi) is 3.87. The van der Waals surface area contributed by atoms with E-state index in [0.29, 0.717) is 6.54 Å². The van der Waals surface area contributed by atoms with Crippen LogP contribution in [0.3, 0.4) is 0 Å². The maximum absolute atomic E-state index is 12.2. The zero-order valence-electron chi connectivity index (χ0n) is 11.6. The molecule has 3 rings (SSSR count). The highest BCUT2D eigenvalue weighted by Gasteiger charge is 2.32. The lowest BCUT2D eigenvalue weighted by Crippen LogP contribution is -2.38. The summed E-state index contributed by atoms with van der Waals surface area (Å²) in [5.41, 5.74) is 1.67. The smallest absolute Gasteiger partial charge is 0.322 e. The number of hydrogen-bond donors (Lipinski definition) is 2. The summed E-state index contributed by atoms with van der Waals surface area (Å²) in [4.78, 5) is 13.9. The molecular formula is C15H18N4O2. The van der Waals surface area contributed by atoms with Crippen LogP contribution in [0.25, 0.3) is 5.69 Å². The number of aromatic nitrogens is 2. The van der Waals surface area contributed by atoms with E-state index in [9.17, 15) is 4.79 Å². The van der Waals surface area contributed by atoms with Crippen LogP contribution in [0.2, 0.25) is 0 Å². The van der Waals surface area contributed by atoms with Gasteiger partial charge in [-0.25, -0.2) is 9.48 Å². The van der Waals surface area contributed by atoms with Crippen molar-refractivity contribution in [3.05, 3.63) is 42.7 Å². The molecule has 6 heteroatoms. The zero-order valence-corrected chi connectivity index (χ0v) is 11.6. The summed E-state index contributed by atoms with van der Waals surface area (Å²) in [5, 5.41) is 16.1. The summed E-state index contributed by atoms with van der Waals surface area (Å²) < 4.78 is 1.76. The number of aliphatic hydroxyl groups excluding tert-OH is 1. The Balaban J connectivity index is 1.65. The fraction of sp³-hybridized carbons (Fsp3) is 0.333. The molecule has 110 valence electrons. The number of carbonyl (C=O) groups excluding carboxylic acids is 1. The van der Waals surface area contributed by atoms with Crippen molar-refractivity contribution in [2.24, 2.45) is 0 Å². The Morgan fingerprint density at radius 1 is 1.38 bits per heavy atom. The molecule has 1 heterocycles. The molecule has 0 radical (unpaired) electrons. The normalized spacial score (nSPS) is 14.0. The van der Waals surface area contributed by atoms with Gasteiger partial charge in [-0.3, -0.25) is 0 Å². The molecular weight excluding hydrogens is 268 g/mol. The summed E-state index contributed by atoms with van der Waals surface area (Å²) in [6.07, 6.45) is 5.62. The summed E-state index contributed by atoms with van der Waals surface area (Å²) in [5.74, 6) is 0. The van der Waals surface area contributed by atoms with E-state index in [0.717, 1.165) is 24.2 Å². The van der Waals surface area contributed by atoms with Crippen molar-refractivity contribution >= 4 is 11.7 Å². The number of benzene rings is 1. The second-order valence-electron chi connectivity index (χ2n) is 5.08. The standard InChI is InChI=1S/C15H18N4O2/c20-11-10-18(13-6-7-13)15(21)17-12-2-4-14(5-3-12)19-9-1-8-16-19/h1-5,8-9,13,20H,6-7,10-11H2,(H,17,21). The van der Waals surface area contributed by atoms with Gasteiger partial charge >= 0.3 is 6.03 Å². The van der Waals surface area contributed by atoms with Gasteiger partial charge in [0.2, 0.25) is 0 Å². The number of anilines is 1. The lowest BCUT2D eigenvalue weighted by atomic mass is 10.3. The summed E-state index contributed by atoms with van der Waals surface area (Å²) >= 11 is 0. The van der Waals surface area contributed by atoms with Crippen molar-refractivity contribution in [3.8, 4) is 5.69 Å². The fourth-order valence-corrected chi connectivity index (χ4v) is 2.26. The topological polar surface area (TPSA) is 70.4 Å². The van der Waals surface area contributed by atoms with Crippen LogP contribution in [0, 0.1) is 0 Å². The highest BCUT2D eigenvalue weighted by Crippen LogP contribution is 2.27. The van der Waals surface area contributed by atoms with Gasteiger partial charge in [0.05, 0.1) is 12.3 Å². The molecule has 1 aliphatic carbocycles. The van der Waals surface area contributed by atoms with Crippen molar-refractivity contribution < 1.29 is 9.90 Å². The van der Waals surface area contributed by atoms with Gasteiger partial charge in [0.25, 0.3) is 0 Å². The van der Waals surface area contributed by atoms with Crippen LogP contribution in [-0.4, -0.2) is 45.0 Å². The van der Waals surface area contributed by atoms with Gasteiger partial charge in [-0.2, -0.15) is 5.10 Å². The minimum atomic E-state index is -0.154. The van der Waals surface area contributed by atoms with Crippen molar-refractivity contribution in [2.75, 3.05) is 18.5 Å². The van der Waals surface area contributed by atoms with Gasteiger partial charge in [-0.05, 0) is 43.2 Å².